The molecule has 1 aromatic heterocycles. The van der Waals surface area contributed by atoms with Gasteiger partial charge in [-0.1, -0.05) is 48.5 Å². The maximum atomic E-state index is 13.4. The van der Waals surface area contributed by atoms with Crippen LogP contribution in [-0.4, -0.2) is 35.0 Å². The lowest BCUT2D eigenvalue weighted by molar-refractivity contribution is 0.0784. The Hall–Kier alpha value is -2.41. The average molecular weight is 411 g/mol. The molecule has 0 radical (unpaired) electrons. The molecule has 0 saturated heterocycles. The van der Waals surface area contributed by atoms with E-state index in [0.29, 0.717) is 24.9 Å². The molecule has 29 heavy (non-hydrogen) atoms. The lowest BCUT2D eigenvalue weighted by atomic mass is 9.97. The molecule has 0 spiro atoms. The number of aliphatic hydroxyl groups excluding tert-OH is 1. The van der Waals surface area contributed by atoms with Crippen LogP contribution in [0.25, 0.3) is 0 Å². The van der Waals surface area contributed by atoms with E-state index in [4.69, 9.17) is 0 Å². The van der Waals surface area contributed by atoms with Gasteiger partial charge in [-0.05, 0) is 36.6 Å². The number of sulfonamides is 1. The molecule has 2 aromatic carbocycles. The second-order valence-corrected chi connectivity index (χ2v) is 9.43. The van der Waals surface area contributed by atoms with Gasteiger partial charge in [0.25, 0.3) is 0 Å². The largest absolute Gasteiger partial charge is 0.387 e. The first-order chi connectivity index (χ1) is 14.0. The van der Waals surface area contributed by atoms with E-state index in [1.165, 1.54) is 9.87 Å². The molecule has 6 heteroatoms. The van der Waals surface area contributed by atoms with E-state index in [1.807, 2.05) is 48.1 Å². The maximum Gasteiger partial charge on any atom is 0.243 e. The van der Waals surface area contributed by atoms with Gasteiger partial charge in [0.1, 0.15) is 0 Å². The molecule has 3 aromatic rings. The maximum absolute atomic E-state index is 13.4. The predicted octanol–water partition coefficient (Wildman–Crippen LogP) is 3.31. The Labute approximate surface area is 172 Å². The van der Waals surface area contributed by atoms with E-state index in [2.05, 4.69) is 12.1 Å². The molecular weight excluding hydrogens is 384 g/mol. The normalized spacial score (nSPS) is 21.0. The fraction of sp³-hybridized carbons (Fsp3) is 0.304. The Morgan fingerprint density at radius 1 is 0.966 bits per heavy atom. The standard InChI is InChI=1S/C23H26N2O3S/c1-24-15-8-12-19(24)17-21-23(26)20-13-5-6-14-22(20)29(27,28)25(21)16-7-11-18-9-3-2-4-10-18/h2-6,8-10,12-15,21,23,26H,7,11,16-17H2,1H3/t21-,23+/m0/s1. The zero-order valence-corrected chi connectivity index (χ0v) is 17.3. The van der Waals surface area contributed by atoms with Crippen LogP contribution in [-0.2, 0) is 29.9 Å². The Morgan fingerprint density at radius 2 is 1.69 bits per heavy atom. The monoisotopic (exact) mass is 410 g/mol. The molecular formula is C23H26N2O3S. The zero-order valence-electron chi connectivity index (χ0n) is 16.5. The second kappa shape index (κ2) is 8.14. The van der Waals surface area contributed by atoms with Crippen molar-refractivity contribution in [3.05, 3.63) is 89.7 Å². The lowest BCUT2D eigenvalue weighted by Gasteiger charge is -2.39. The van der Waals surface area contributed by atoms with Crippen LogP contribution >= 0.6 is 0 Å². The van der Waals surface area contributed by atoms with Gasteiger partial charge >= 0.3 is 0 Å². The molecule has 0 fully saturated rings. The van der Waals surface area contributed by atoms with Gasteiger partial charge in [-0.15, -0.1) is 0 Å². The Bertz CT molecular complexity index is 1080. The summed E-state index contributed by atoms with van der Waals surface area (Å²) in [6, 6.07) is 20.2. The molecule has 2 atom stereocenters. The molecule has 1 aliphatic rings. The van der Waals surface area contributed by atoms with Gasteiger partial charge < -0.3 is 9.67 Å². The number of rotatable bonds is 6. The molecule has 1 N–H and O–H groups in total. The molecule has 0 aliphatic carbocycles. The number of hydrogen-bond donors (Lipinski definition) is 1. The molecule has 5 nitrogen and oxygen atoms in total. The third kappa shape index (κ3) is 3.88. The van der Waals surface area contributed by atoms with Crippen molar-refractivity contribution in [1.29, 1.82) is 0 Å². The van der Waals surface area contributed by atoms with Crippen LogP contribution in [0.2, 0.25) is 0 Å². The van der Waals surface area contributed by atoms with Crippen molar-refractivity contribution in [1.82, 2.24) is 8.87 Å². The van der Waals surface area contributed by atoms with Crippen molar-refractivity contribution in [2.24, 2.45) is 7.05 Å². The topological polar surface area (TPSA) is 62.5 Å². The van der Waals surface area contributed by atoms with E-state index in [1.54, 1.807) is 24.3 Å². The van der Waals surface area contributed by atoms with Crippen molar-refractivity contribution in [2.45, 2.75) is 36.3 Å². The molecule has 0 unspecified atom stereocenters. The highest BCUT2D eigenvalue weighted by atomic mass is 32.2. The Balaban J connectivity index is 1.65. The van der Waals surface area contributed by atoms with Crippen LogP contribution in [0.15, 0.2) is 77.8 Å². The Morgan fingerprint density at radius 3 is 2.41 bits per heavy atom. The van der Waals surface area contributed by atoms with Crippen LogP contribution in [0.5, 0.6) is 0 Å². The first-order valence-electron chi connectivity index (χ1n) is 9.91. The van der Waals surface area contributed by atoms with E-state index in [-0.39, 0.29) is 4.90 Å². The number of aliphatic hydroxyl groups is 1. The molecule has 0 bridgehead atoms. The van der Waals surface area contributed by atoms with Crippen molar-refractivity contribution >= 4 is 10.0 Å². The van der Waals surface area contributed by atoms with Crippen LogP contribution in [0.4, 0.5) is 0 Å². The van der Waals surface area contributed by atoms with E-state index >= 15 is 0 Å². The minimum Gasteiger partial charge on any atom is -0.387 e. The van der Waals surface area contributed by atoms with E-state index in [0.717, 1.165) is 12.1 Å². The van der Waals surface area contributed by atoms with Gasteiger partial charge in [0.15, 0.2) is 0 Å². The second-order valence-electron chi connectivity index (χ2n) is 7.57. The van der Waals surface area contributed by atoms with Crippen LogP contribution in [0, 0.1) is 0 Å². The summed E-state index contributed by atoms with van der Waals surface area (Å²) in [5, 5.41) is 11.1. The third-order valence-corrected chi connectivity index (χ3v) is 7.71. The number of nitrogens with zero attached hydrogens (tertiary/aromatic N) is 2. The van der Waals surface area contributed by atoms with Crippen molar-refractivity contribution in [3.63, 3.8) is 0 Å². The first kappa shape index (κ1) is 19.9. The smallest absolute Gasteiger partial charge is 0.243 e. The highest BCUT2D eigenvalue weighted by Gasteiger charge is 2.43. The summed E-state index contributed by atoms with van der Waals surface area (Å²) >= 11 is 0. The Kier molecular flexibility index (Phi) is 5.58. The summed E-state index contributed by atoms with van der Waals surface area (Å²) in [7, 11) is -1.73. The minimum absolute atomic E-state index is 0.218. The number of aryl methyl sites for hydroxylation is 2. The minimum atomic E-state index is -3.67. The summed E-state index contributed by atoms with van der Waals surface area (Å²) in [6.45, 7) is 0.373. The first-order valence-corrected chi connectivity index (χ1v) is 11.4. The quantitative estimate of drug-likeness (QED) is 0.678. The van der Waals surface area contributed by atoms with E-state index < -0.39 is 22.2 Å². The summed E-state index contributed by atoms with van der Waals surface area (Å²) in [4.78, 5) is 0.218. The van der Waals surface area contributed by atoms with Crippen LogP contribution in [0.1, 0.15) is 29.3 Å². The molecule has 2 heterocycles. The van der Waals surface area contributed by atoms with Crippen LogP contribution in [0.3, 0.4) is 0 Å². The van der Waals surface area contributed by atoms with Gasteiger partial charge in [0.2, 0.25) is 10.0 Å². The SMILES string of the molecule is Cn1cccc1C[C@H]1[C@H](O)c2ccccc2S(=O)(=O)N1CCCc1ccccc1. The summed E-state index contributed by atoms with van der Waals surface area (Å²) < 4.78 is 30.3. The number of benzene rings is 2. The van der Waals surface area contributed by atoms with Gasteiger partial charge in [0.05, 0.1) is 17.0 Å². The summed E-state index contributed by atoms with van der Waals surface area (Å²) in [5.74, 6) is 0. The van der Waals surface area contributed by atoms with Gasteiger partial charge in [-0.3, -0.25) is 0 Å². The highest BCUT2D eigenvalue weighted by Crippen LogP contribution is 2.38. The number of aromatic nitrogens is 1. The third-order valence-electron chi connectivity index (χ3n) is 5.72. The number of hydrogen-bond acceptors (Lipinski definition) is 3. The molecule has 0 amide bonds. The molecule has 1 aliphatic heterocycles. The predicted molar refractivity (Wildman–Crippen MR) is 113 cm³/mol. The van der Waals surface area contributed by atoms with Gasteiger partial charge in [-0.25, -0.2) is 8.42 Å². The van der Waals surface area contributed by atoms with E-state index in [9.17, 15) is 13.5 Å². The van der Waals surface area contributed by atoms with Crippen molar-refractivity contribution in [2.75, 3.05) is 6.54 Å². The van der Waals surface area contributed by atoms with Crippen LogP contribution < -0.4 is 0 Å². The fourth-order valence-corrected chi connectivity index (χ4v) is 6.04. The van der Waals surface area contributed by atoms with Crippen molar-refractivity contribution in [3.8, 4) is 0 Å². The molecule has 4 rings (SSSR count). The number of fused-ring (bicyclic) bond motifs is 1. The van der Waals surface area contributed by atoms with Gasteiger partial charge in [0, 0.05) is 37.5 Å². The van der Waals surface area contributed by atoms with Crippen molar-refractivity contribution < 1.29 is 13.5 Å². The average Bonchev–Trinajstić information content (AvgIpc) is 3.13. The molecule has 0 saturated carbocycles. The lowest BCUT2D eigenvalue weighted by Crippen LogP contribution is -2.49. The fourth-order valence-electron chi connectivity index (χ4n) is 4.14. The zero-order chi connectivity index (χ0) is 20.4. The summed E-state index contributed by atoms with van der Waals surface area (Å²) in [6.07, 6.45) is 3.03. The van der Waals surface area contributed by atoms with Gasteiger partial charge in [-0.2, -0.15) is 4.31 Å². The summed E-state index contributed by atoms with van der Waals surface area (Å²) in [5.41, 5.74) is 2.67. The highest BCUT2D eigenvalue weighted by molar-refractivity contribution is 7.89. The molecule has 152 valence electrons.